The van der Waals surface area contributed by atoms with E-state index in [2.05, 4.69) is 9.46 Å². The number of hydrogen-bond acceptors (Lipinski definition) is 5. The Hall–Kier alpha value is -2.78. The Balaban J connectivity index is 2.13. The van der Waals surface area contributed by atoms with Gasteiger partial charge in [0.1, 0.15) is 4.90 Å². The van der Waals surface area contributed by atoms with Gasteiger partial charge in [-0.3, -0.25) is 13.9 Å². The van der Waals surface area contributed by atoms with E-state index in [1.165, 1.54) is 52.6 Å². The van der Waals surface area contributed by atoms with Crippen LogP contribution < -0.4 is 10.4 Å². The van der Waals surface area contributed by atoms with E-state index in [4.69, 9.17) is 11.6 Å². The molecule has 10 heteroatoms. The monoisotopic (exact) mass is 409 g/mol. The summed E-state index contributed by atoms with van der Waals surface area (Å²) in [6, 6.07) is 8.64. The maximum absolute atomic E-state index is 12.8. The lowest BCUT2D eigenvalue weighted by Gasteiger charge is -2.12. The largest absolute Gasteiger partial charge is 0.465 e. The first-order valence-electron chi connectivity index (χ1n) is 7.72. The third kappa shape index (κ3) is 3.19. The fourth-order valence-corrected chi connectivity index (χ4v) is 4.31. The summed E-state index contributed by atoms with van der Waals surface area (Å²) in [7, 11) is 0.198. The summed E-state index contributed by atoms with van der Waals surface area (Å²) < 4.78 is 35.5. The average Bonchev–Trinajstić information content (AvgIpc) is 2.85. The van der Waals surface area contributed by atoms with E-state index in [-0.39, 0.29) is 26.9 Å². The Kier molecular flexibility index (Phi) is 4.75. The molecule has 0 spiro atoms. The number of rotatable bonds is 4. The molecule has 0 radical (unpaired) electrons. The number of carbonyl (C=O) groups is 1. The van der Waals surface area contributed by atoms with Crippen molar-refractivity contribution in [1.29, 1.82) is 0 Å². The predicted octanol–water partition coefficient (Wildman–Crippen LogP) is 2.12. The molecular formula is C17H16ClN3O5S. The van der Waals surface area contributed by atoms with E-state index in [0.717, 1.165) is 0 Å². The number of benzene rings is 2. The summed E-state index contributed by atoms with van der Waals surface area (Å²) in [5, 5.41) is 0.114. The number of aryl methyl sites for hydroxylation is 2. The minimum Gasteiger partial charge on any atom is -0.465 e. The molecule has 27 heavy (non-hydrogen) atoms. The lowest BCUT2D eigenvalue weighted by atomic mass is 10.2. The molecule has 0 saturated heterocycles. The molecule has 3 aromatic rings. The van der Waals surface area contributed by atoms with Crippen LogP contribution in [0.1, 0.15) is 10.4 Å². The van der Waals surface area contributed by atoms with Gasteiger partial charge >= 0.3 is 11.7 Å². The maximum Gasteiger partial charge on any atom is 0.339 e. The van der Waals surface area contributed by atoms with E-state index in [9.17, 15) is 18.0 Å². The number of carbonyl (C=O) groups excluding carboxylic acids is 1. The summed E-state index contributed by atoms with van der Waals surface area (Å²) in [5.41, 5.74) is 0.787. The second-order valence-corrected chi connectivity index (χ2v) is 7.87. The van der Waals surface area contributed by atoms with Gasteiger partial charge in [0.2, 0.25) is 0 Å². The first kappa shape index (κ1) is 19.0. The molecule has 0 saturated carbocycles. The van der Waals surface area contributed by atoms with Crippen molar-refractivity contribution in [3.63, 3.8) is 0 Å². The highest BCUT2D eigenvalue weighted by atomic mass is 35.5. The molecule has 0 bridgehead atoms. The molecule has 0 amide bonds. The summed E-state index contributed by atoms with van der Waals surface area (Å²) in [5.74, 6) is -0.775. The number of hydrogen-bond donors (Lipinski definition) is 1. The number of methoxy groups -OCH3 is 1. The number of ether oxygens (including phenoxy) is 1. The number of anilines is 1. The fourth-order valence-electron chi connectivity index (χ4n) is 2.78. The van der Waals surface area contributed by atoms with Gasteiger partial charge in [0, 0.05) is 14.1 Å². The van der Waals surface area contributed by atoms with E-state index in [1.54, 1.807) is 14.1 Å². The highest BCUT2D eigenvalue weighted by Gasteiger charge is 2.24. The second kappa shape index (κ2) is 6.75. The summed E-state index contributed by atoms with van der Waals surface area (Å²) in [4.78, 5) is 23.7. The number of nitrogens with one attached hydrogen (secondary N) is 1. The van der Waals surface area contributed by atoms with Crippen molar-refractivity contribution in [1.82, 2.24) is 9.13 Å². The fraction of sp³-hybridized carbons (Fsp3) is 0.176. The van der Waals surface area contributed by atoms with E-state index < -0.39 is 16.0 Å². The van der Waals surface area contributed by atoms with E-state index >= 15 is 0 Å². The van der Waals surface area contributed by atoms with Crippen LogP contribution in [0.3, 0.4) is 0 Å². The van der Waals surface area contributed by atoms with Crippen LogP contribution in [-0.2, 0) is 28.9 Å². The molecule has 142 valence electrons. The van der Waals surface area contributed by atoms with Gasteiger partial charge in [-0.2, -0.15) is 0 Å². The van der Waals surface area contributed by atoms with Crippen LogP contribution in [-0.4, -0.2) is 30.6 Å². The van der Waals surface area contributed by atoms with Crippen LogP contribution >= 0.6 is 11.6 Å². The minimum atomic E-state index is -4.14. The number of imidazole rings is 1. The average molecular weight is 410 g/mol. The van der Waals surface area contributed by atoms with Gasteiger partial charge in [0.25, 0.3) is 10.0 Å². The molecule has 0 aliphatic carbocycles. The van der Waals surface area contributed by atoms with Crippen molar-refractivity contribution in [3.8, 4) is 0 Å². The van der Waals surface area contributed by atoms with Crippen LogP contribution in [0, 0.1) is 0 Å². The zero-order valence-corrected chi connectivity index (χ0v) is 16.3. The van der Waals surface area contributed by atoms with Crippen LogP contribution in [0.4, 0.5) is 5.69 Å². The number of aromatic nitrogens is 2. The standard InChI is InChI=1S/C17H16ClN3O5S/c1-20-13-8-11(18)12(9-14(13)21(2)17(20)23)19-27(24,25)15-7-5-4-6-10(15)16(22)26-3/h4-9,19H,1-3H3. The van der Waals surface area contributed by atoms with Crippen molar-refractivity contribution in [2.75, 3.05) is 11.8 Å². The predicted molar refractivity (Wildman–Crippen MR) is 102 cm³/mol. The Morgan fingerprint density at radius 2 is 1.70 bits per heavy atom. The van der Waals surface area contributed by atoms with E-state index in [1.807, 2.05) is 0 Å². The van der Waals surface area contributed by atoms with Crippen LogP contribution in [0.2, 0.25) is 5.02 Å². The lowest BCUT2D eigenvalue weighted by molar-refractivity contribution is 0.0596. The summed E-state index contributed by atoms with van der Waals surface area (Å²) in [6.07, 6.45) is 0. The number of fused-ring (bicyclic) bond motifs is 1. The number of sulfonamides is 1. The zero-order valence-electron chi connectivity index (χ0n) is 14.7. The van der Waals surface area contributed by atoms with Crippen molar-refractivity contribution in [2.24, 2.45) is 14.1 Å². The van der Waals surface area contributed by atoms with Gasteiger partial charge in [-0.1, -0.05) is 23.7 Å². The molecule has 1 heterocycles. The molecule has 0 fully saturated rings. The van der Waals surface area contributed by atoms with Gasteiger partial charge in [-0.15, -0.1) is 0 Å². The van der Waals surface area contributed by atoms with Crippen LogP contribution in [0.25, 0.3) is 11.0 Å². The van der Waals surface area contributed by atoms with Crippen LogP contribution in [0.15, 0.2) is 46.1 Å². The summed E-state index contributed by atoms with van der Waals surface area (Å²) >= 11 is 6.22. The minimum absolute atomic E-state index is 0.0880. The highest BCUT2D eigenvalue weighted by molar-refractivity contribution is 7.92. The molecule has 0 aliphatic heterocycles. The Labute approximate surface area is 160 Å². The molecule has 3 rings (SSSR count). The Bertz CT molecular complexity index is 1230. The first-order valence-corrected chi connectivity index (χ1v) is 9.58. The molecule has 0 aliphatic rings. The molecule has 0 atom stereocenters. The topological polar surface area (TPSA) is 99.4 Å². The normalized spacial score (nSPS) is 11.6. The number of halogens is 1. The molecule has 1 N–H and O–H groups in total. The SMILES string of the molecule is COC(=O)c1ccccc1S(=O)(=O)Nc1cc2c(cc1Cl)n(C)c(=O)n2C. The summed E-state index contributed by atoms with van der Waals surface area (Å²) in [6.45, 7) is 0. The van der Waals surface area contributed by atoms with Crippen molar-refractivity contribution >= 4 is 44.3 Å². The van der Waals surface area contributed by atoms with E-state index in [0.29, 0.717) is 11.0 Å². The molecule has 1 aromatic heterocycles. The Morgan fingerprint density at radius 1 is 1.11 bits per heavy atom. The molecule has 0 unspecified atom stereocenters. The van der Waals surface area contributed by atoms with Gasteiger partial charge in [-0.05, 0) is 24.3 Å². The molecule has 8 nitrogen and oxygen atoms in total. The number of nitrogens with zero attached hydrogens (tertiary/aromatic N) is 2. The number of esters is 1. The third-order valence-electron chi connectivity index (χ3n) is 4.19. The third-order valence-corrected chi connectivity index (χ3v) is 5.92. The smallest absolute Gasteiger partial charge is 0.339 e. The Morgan fingerprint density at radius 3 is 2.33 bits per heavy atom. The first-order chi connectivity index (χ1) is 12.7. The van der Waals surface area contributed by atoms with Crippen LogP contribution in [0.5, 0.6) is 0 Å². The van der Waals surface area contributed by atoms with Gasteiger partial charge in [-0.25, -0.2) is 18.0 Å². The highest BCUT2D eigenvalue weighted by Crippen LogP contribution is 2.30. The lowest BCUT2D eigenvalue weighted by Crippen LogP contribution is -2.19. The molecular weight excluding hydrogens is 394 g/mol. The van der Waals surface area contributed by atoms with Gasteiger partial charge < -0.3 is 4.74 Å². The molecule has 2 aromatic carbocycles. The van der Waals surface area contributed by atoms with Gasteiger partial charge in [0.15, 0.2) is 0 Å². The van der Waals surface area contributed by atoms with Crippen molar-refractivity contribution < 1.29 is 17.9 Å². The van der Waals surface area contributed by atoms with Crippen molar-refractivity contribution in [3.05, 3.63) is 57.5 Å². The quantitative estimate of drug-likeness (QED) is 0.665. The second-order valence-electron chi connectivity index (χ2n) is 5.81. The van der Waals surface area contributed by atoms with Crippen molar-refractivity contribution in [2.45, 2.75) is 4.90 Å². The van der Waals surface area contributed by atoms with Gasteiger partial charge in [0.05, 0.1) is 34.4 Å². The maximum atomic E-state index is 12.8. The zero-order chi connectivity index (χ0) is 19.9.